The molecule has 1 saturated heterocycles. The Morgan fingerprint density at radius 3 is 2.72 bits per heavy atom. The molecule has 25 heavy (non-hydrogen) atoms. The van der Waals surface area contributed by atoms with E-state index in [1.54, 1.807) is 7.05 Å². The second-order valence-electron chi connectivity index (χ2n) is 5.79. The number of urea groups is 1. The van der Waals surface area contributed by atoms with Crippen LogP contribution in [0.4, 0.5) is 4.79 Å². The fourth-order valence-corrected chi connectivity index (χ4v) is 2.76. The minimum Gasteiger partial charge on any atom is -0.338 e. The summed E-state index contributed by atoms with van der Waals surface area (Å²) in [7, 11) is 2.99. The molecule has 1 aromatic rings. The molecule has 0 bridgehead atoms. The lowest BCUT2D eigenvalue weighted by Crippen LogP contribution is -2.64. The van der Waals surface area contributed by atoms with Gasteiger partial charge in [0.1, 0.15) is 6.54 Å². The van der Waals surface area contributed by atoms with Gasteiger partial charge in [-0.3, -0.25) is 14.5 Å². The van der Waals surface area contributed by atoms with Crippen molar-refractivity contribution in [3.8, 4) is 0 Å². The first kappa shape index (κ1) is 16.6. The summed E-state index contributed by atoms with van der Waals surface area (Å²) < 4.78 is 0. The number of hydrazone groups is 1. The second-order valence-corrected chi connectivity index (χ2v) is 5.79. The number of carbonyl (C=O) groups excluding carboxylic acids is 3. The van der Waals surface area contributed by atoms with Gasteiger partial charge < -0.3 is 9.80 Å². The fraction of sp³-hybridized carbons (Fsp3) is 0.312. The first-order valence-electron chi connectivity index (χ1n) is 7.69. The molecule has 0 aliphatic carbocycles. The van der Waals surface area contributed by atoms with Crippen LogP contribution in [0.1, 0.15) is 5.56 Å². The Kier molecular flexibility index (Phi) is 4.46. The van der Waals surface area contributed by atoms with Gasteiger partial charge in [0.2, 0.25) is 0 Å². The van der Waals surface area contributed by atoms with Crippen molar-refractivity contribution in [3.63, 3.8) is 0 Å². The van der Waals surface area contributed by atoms with Crippen LogP contribution in [-0.4, -0.2) is 77.9 Å². The van der Waals surface area contributed by atoms with Gasteiger partial charge in [0.15, 0.2) is 12.2 Å². The standard InChI is InChI=1S/C16H18N6O3/c1-20-14-13(15(24)21(2)16(20)25)22(10-17-14)9-12(23)19-18-8-11-6-4-3-5-7-11/h3-8,10,13-14H,9H2,1-2H3,(H,19,23)/b18-8+. The number of amides is 4. The molecule has 2 heterocycles. The zero-order valence-corrected chi connectivity index (χ0v) is 13.9. The van der Waals surface area contributed by atoms with E-state index in [0.717, 1.165) is 10.5 Å². The molecule has 1 fully saturated rings. The topological polar surface area (TPSA) is 97.7 Å². The van der Waals surface area contributed by atoms with Crippen LogP contribution in [0.3, 0.4) is 0 Å². The number of hydrogen-bond donors (Lipinski definition) is 1. The number of imide groups is 1. The first-order chi connectivity index (χ1) is 12.0. The molecule has 3 rings (SSSR count). The molecular formula is C16H18N6O3. The van der Waals surface area contributed by atoms with Crippen LogP contribution in [0.2, 0.25) is 0 Å². The number of nitrogens with one attached hydrogen (secondary N) is 1. The van der Waals surface area contributed by atoms with Crippen LogP contribution >= 0.6 is 0 Å². The summed E-state index contributed by atoms with van der Waals surface area (Å²) in [6, 6.07) is 8.23. The van der Waals surface area contributed by atoms with Crippen LogP contribution in [0, 0.1) is 0 Å². The Labute approximate surface area is 144 Å². The number of likely N-dealkylation sites (N-methyl/N-ethyl adjacent to an activating group) is 2. The maximum Gasteiger partial charge on any atom is 0.328 e. The third-order valence-corrected chi connectivity index (χ3v) is 4.11. The van der Waals surface area contributed by atoms with Crippen LogP contribution < -0.4 is 5.43 Å². The Morgan fingerprint density at radius 2 is 2.00 bits per heavy atom. The van der Waals surface area contributed by atoms with Crippen molar-refractivity contribution >= 4 is 30.4 Å². The van der Waals surface area contributed by atoms with E-state index in [1.165, 1.54) is 29.4 Å². The van der Waals surface area contributed by atoms with Gasteiger partial charge in [0.25, 0.3) is 11.8 Å². The van der Waals surface area contributed by atoms with E-state index in [9.17, 15) is 14.4 Å². The highest BCUT2D eigenvalue weighted by molar-refractivity contribution is 6.02. The van der Waals surface area contributed by atoms with Gasteiger partial charge in [-0.1, -0.05) is 30.3 Å². The predicted octanol–water partition coefficient (Wildman–Crippen LogP) is -0.301. The molecule has 0 spiro atoms. The van der Waals surface area contributed by atoms with E-state index in [2.05, 4.69) is 15.5 Å². The summed E-state index contributed by atoms with van der Waals surface area (Å²) in [4.78, 5) is 44.4. The highest BCUT2D eigenvalue weighted by Gasteiger charge is 2.48. The van der Waals surface area contributed by atoms with E-state index < -0.39 is 18.2 Å². The van der Waals surface area contributed by atoms with E-state index in [4.69, 9.17) is 0 Å². The largest absolute Gasteiger partial charge is 0.338 e. The van der Waals surface area contributed by atoms with Gasteiger partial charge in [-0.05, 0) is 5.56 Å². The summed E-state index contributed by atoms with van der Waals surface area (Å²) in [6.07, 6.45) is 2.35. The van der Waals surface area contributed by atoms with Crippen molar-refractivity contribution in [1.29, 1.82) is 0 Å². The van der Waals surface area contributed by atoms with Gasteiger partial charge >= 0.3 is 6.03 Å². The summed E-state index contributed by atoms with van der Waals surface area (Å²) >= 11 is 0. The number of carbonyl (C=O) groups is 3. The fourth-order valence-electron chi connectivity index (χ4n) is 2.76. The first-order valence-corrected chi connectivity index (χ1v) is 7.69. The minimum absolute atomic E-state index is 0.0849. The summed E-state index contributed by atoms with van der Waals surface area (Å²) in [5.41, 5.74) is 3.28. The lowest BCUT2D eigenvalue weighted by Gasteiger charge is -2.39. The SMILES string of the molecule is CN1C(=O)C2C(N=CN2CC(=O)N/N=C/c2ccccc2)N(C)C1=O. The van der Waals surface area contributed by atoms with E-state index in [0.29, 0.717) is 0 Å². The molecule has 0 saturated carbocycles. The average Bonchev–Trinajstić information content (AvgIpc) is 3.02. The van der Waals surface area contributed by atoms with E-state index >= 15 is 0 Å². The van der Waals surface area contributed by atoms with Crippen molar-refractivity contribution in [3.05, 3.63) is 35.9 Å². The van der Waals surface area contributed by atoms with Gasteiger partial charge in [0, 0.05) is 14.1 Å². The van der Waals surface area contributed by atoms with Crippen LogP contribution in [-0.2, 0) is 9.59 Å². The van der Waals surface area contributed by atoms with Gasteiger partial charge in [-0.15, -0.1) is 0 Å². The molecule has 2 aliphatic heterocycles. The Balaban J connectivity index is 1.61. The number of benzene rings is 1. The normalized spacial score (nSPS) is 22.7. The molecule has 1 aromatic carbocycles. The molecule has 2 unspecified atom stereocenters. The van der Waals surface area contributed by atoms with Crippen molar-refractivity contribution in [2.75, 3.05) is 20.6 Å². The molecule has 4 amide bonds. The van der Waals surface area contributed by atoms with Gasteiger partial charge in [-0.25, -0.2) is 15.2 Å². The van der Waals surface area contributed by atoms with Gasteiger partial charge in [0.05, 0.1) is 12.6 Å². The molecule has 2 atom stereocenters. The highest BCUT2D eigenvalue weighted by atomic mass is 16.2. The second kappa shape index (κ2) is 6.71. The summed E-state index contributed by atoms with van der Waals surface area (Å²) in [6.45, 7) is -0.0849. The Hall–Kier alpha value is -3.23. The summed E-state index contributed by atoms with van der Waals surface area (Å²) in [5.74, 6) is -0.763. The highest BCUT2D eigenvalue weighted by Crippen LogP contribution is 2.24. The Bertz CT molecular complexity index is 747. The number of aliphatic imine (C=N–C) groups is 1. The van der Waals surface area contributed by atoms with Crippen LogP contribution in [0.25, 0.3) is 0 Å². The van der Waals surface area contributed by atoms with Gasteiger partial charge in [-0.2, -0.15) is 5.10 Å². The maximum absolute atomic E-state index is 12.3. The quantitative estimate of drug-likeness (QED) is 0.600. The zero-order chi connectivity index (χ0) is 18.0. The van der Waals surface area contributed by atoms with Crippen molar-refractivity contribution in [1.82, 2.24) is 20.1 Å². The molecule has 0 aromatic heterocycles. The maximum atomic E-state index is 12.3. The molecule has 0 radical (unpaired) electrons. The van der Waals surface area contributed by atoms with Crippen molar-refractivity contribution < 1.29 is 14.4 Å². The molecule has 2 aliphatic rings. The number of hydrogen-bond acceptors (Lipinski definition) is 6. The van der Waals surface area contributed by atoms with Crippen LogP contribution in [0.5, 0.6) is 0 Å². The molecule has 9 heteroatoms. The molecule has 9 nitrogen and oxygen atoms in total. The third-order valence-electron chi connectivity index (χ3n) is 4.11. The third kappa shape index (κ3) is 3.21. The molecule has 1 N–H and O–H groups in total. The van der Waals surface area contributed by atoms with E-state index in [-0.39, 0.29) is 18.4 Å². The lowest BCUT2D eigenvalue weighted by molar-refractivity contribution is -0.136. The van der Waals surface area contributed by atoms with Crippen LogP contribution in [0.15, 0.2) is 40.4 Å². The lowest BCUT2D eigenvalue weighted by atomic mass is 10.1. The molecule has 130 valence electrons. The van der Waals surface area contributed by atoms with E-state index in [1.807, 2.05) is 30.3 Å². The zero-order valence-electron chi connectivity index (χ0n) is 13.9. The summed E-state index contributed by atoms with van der Waals surface area (Å²) in [5, 5.41) is 3.89. The Morgan fingerprint density at radius 1 is 1.28 bits per heavy atom. The molecular weight excluding hydrogens is 324 g/mol. The number of rotatable bonds is 4. The average molecular weight is 342 g/mol. The predicted molar refractivity (Wildman–Crippen MR) is 90.9 cm³/mol. The number of fused-ring (bicyclic) bond motifs is 1. The minimum atomic E-state index is -0.698. The smallest absolute Gasteiger partial charge is 0.328 e. The van der Waals surface area contributed by atoms with Crippen molar-refractivity contribution in [2.24, 2.45) is 10.1 Å². The monoisotopic (exact) mass is 342 g/mol. The van der Waals surface area contributed by atoms with Crippen molar-refractivity contribution in [2.45, 2.75) is 12.2 Å². The number of nitrogens with zero attached hydrogens (tertiary/aromatic N) is 5.